The Bertz CT molecular complexity index is 878. The van der Waals surface area contributed by atoms with Crippen molar-refractivity contribution in [3.05, 3.63) is 65.2 Å². The van der Waals surface area contributed by atoms with E-state index in [4.69, 9.17) is 10.00 Å². The Morgan fingerprint density at radius 2 is 1.79 bits per heavy atom. The van der Waals surface area contributed by atoms with E-state index in [1.54, 1.807) is 41.3 Å². The lowest BCUT2D eigenvalue weighted by molar-refractivity contribution is -0.134. The minimum atomic E-state index is -0.900. The highest BCUT2D eigenvalue weighted by Gasteiger charge is 2.24. The fourth-order valence-electron chi connectivity index (χ4n) is 3.47. The first-order valence-electron chi connectivity index (χ1n) is 9.28. The number of likely N-dealkylation sites (tertiary alicyclic amines) is 1. The molecule has 1 fully saturated rings. The Balaban J connectivity index is 1.47. The Morgan fingerprint density at radius 1 is 1.11 bits per heavy atom. The molecular formula is C22H22N2O4. The summed E-state index contributed by atoms with van der Waals surface area (Å²) in [5.74, 6) is -0.0339. The summed E-state index contributed by atoms with van der Waals surface area (Å²) in [4.78, 5) is 25.5. The molecule has 2 aromatic carbocycles. The molecule has 2 aromatic rings. The van der Waals surface area contributed by atoms with Gasteiger partial charge >= 0.3 is 5.97 Å². The molecule has 0 radical (unpaired) electrons. The molecule has 28 heavy (non-hydrogen) atoms. The van der Waals surface area contributed by atoms with Gasteiger partial charge in [-0.25, -0.2) is 4.79 Å². The van der Waals surface area contributed by atoms with Crippen LogP contribution in [0.2, 0.25) is 0 Å². The SMILES string of the molecule is N#Cc1ccc(OCC(=O)N2CCC(Cc3ccccc3C(=O)O)CC2)cc1. The molecule has 1 saturated heterocycles. The second-order valence-corrected chi connectivity index (χ2v) is 6.92. The van der Waals surface area contributed by atoms with E-state index in [1.165, 1.54) is 0 Å². The summed E-state index contributed by atoms with van der Waals surface area (Å²) in [5.41, 5.74) is 1.76. The summed E-state index contributed by atoms with van der Waals surface area (Å²) < 4.78 is 5.52. The molecule has 1 heterocycles. The molecule has 0 unspecified atom stereocenters. The second-order valence-electron chi connectivity index (χ2n) is 6.92. The molecule has 0 spiro atoms. The Morgan fingerprint density at radius 3 is 2.43 bits per heavy atom. The van der Waals surface area contributed by atoms with Crippen molar-refractivity contribution in [2.75, 3.05) is 19.7 Å². The predicted molar refractivity (Wildman–Crippen MR) is 103 cm³/mol. The van der Waals surface area contributed by atoms with Gasteiger partial charge < -0.3 is 14.7 Å². The van der Waals surface area contributed by atoms with Crippen molar-refractivity contribution in [1.82, 2.24) is 4.90 Å². The zero-order valence-corrected chi connectivity index (χ0v) is 15.5. The molecule has 0 bridgehead atoms. The van der Waals surface area contributed by atoms with Gasteiger partial charge in [-0.15, -0.1) is 0 Å². The first-order valence-corrected chi connectivity index (χ1v) is 9.28. The number of carboxylic acids is 1. The molecule has 1 amide bonds. The van der Waals surface area contributed by atoms with Crippen LogP contribution in [-0.2, 0) is 11.2 Å². The number of aromatic carboxylic acids is 1. The summed E-state index contributed by atoms with van der Waals surface area (Å²) in [6.45, 7) is 1.27. The summed E-state index contributed by atoms with van der Waals surface area (Å²) in [6.07, 6.45) is 2.40. The number of carbonyl (C=O) groups excluding carboxylic acids is 1. The summed E-state index contributed by atoms with van der Waals surface area (Å²) in [7, 11) is 0. The lowest BCUT2D eigenvalue weighted by Crippen LogP contribution is -2.41. The molecule has 3 rings (SSSR count). The third-order valence-electron chi connectivity index (χ3n) is 5.07. The van der Waals surface area contributed by atoms with Crippen LogP contribution in [0.5, 0.6) is 5.75 Å². The number of benzene rings is 2. The number of hydrogen-bond donors (Lipinski definition) is 1. The zero-order valence-electron chi connectivity index (χ0n) is 15.5. The molecule has 0 saturated carbocycles. The fourth-order valence-corrected chi connectivity index (χ4v) is 3.47. The minimum absolute atomic E-state index is 0.0294. The van der Waals surface area contributed by atoms with Crippen LogP contribution in [0.1, 0.15) is 34.3 Å². The summed E-state index contributed by atoms with van der Waals surface area (Å²) in [5, 5.41) is 18.1. The number of ether oxygens (including phenoxy) is 1. The topological polar surface area (TPSA) is 90.6 Å². The number of piperidine rings is 1. The zero-order chi connectivity index (χ0) is 19.9. The number of carbonyl (C=O) groups is 2. The van der Waals surface area contributed by atoms with Crippen molar-refractivity contribution in [3.8, 4) is 11.8 Å². The number of rotatable bonds is 6. The average molecular weight is 378 g/mol. The van der Waals surface area contributed by atoms with Crippen molar-refractivity contribution in [2.24, 2.45) is 5.92 Å². The van der Waals surface area contributed by atoms with E-state index in [2.05, 4.69) is 0 Å². The van der Waals surface area contributed by atoms with Gasteiger partial charge in [0.15, 0.2) is 6.61 Å². The van der Waals surface area contributed by atoms with Gasteiger partial charge in [-0.05, 0) is 61.1 Å². The van der Waals surface area contributed by atoms with Crippen LogP contribution < -0.4 is 4.74 Å². The number of hydrogen-bond acceptors (Lipinski definition) is 4. The highest BCUT2D eigenvalue weighted by Crippen LogP contribution is 2.24. The van der Waals surface area contributed by atoms with Crippen LogP contribution in [0.25, 0.3) is 0 Å². The van der Waals surface area contributed by atoms with Crippen molar-refractivity contribution in [1.29, 1.82) is 5.26 Å². The van der Waals surface area contributed by atoms with Crippen LogP contribution >= 0.6 is 0 Å². The summed E-state index contributed by atoms with van der Waals surface area (Å²) in [6, 6.07) is 15.8. The molecule has 0 aromatic heterocycles. The van der Waals surface area contributed by atoms with Crippen LogP contribution in [0, 0.1) is 17.2 Å². The summed E-state index contributed by atoms with van der Waals surface area (Å²) >= 11 is 0. The van der Waals surface area contributed by atoms with Crippen molar-refractivity contribution in [2.45, 2.75) is 19.3 Å². The fraction of sp³-hybridized carbons (Fsp3) is 0.318. The molecule has 1 aliphatic rings. The van der Waals surface area contributed by atoms with Crippen LogP contribution in [0.3, 0.4) is 0 Å². The molecule has 6 heteroatoms. The van der Waals surface area contributed by atoms with E-state index in [-0.39, 0.29) is 12.5 Å². The number of nitrogens with zero attached hydrogens (tertiary/aromatic N) is 2. The third kappa shape index (κ3) is 4.89. The lowest BCUT2D eigenvalue weighted by atomic mass is 9.88. The largest absolute Gasteiger partial charge is 0.484 e. The van der Waals surface area contributed by atoms with Gasteiger partial charge in [0.1, 0.15) is 5.75 Å². The van der Waals surface area contributed by atoms with Gasteiger partial charge in [0, 0.05) is 13.1 Å². The van der Waals surface area contributed by atoms with Crippen LogP contribution in [0.4, 0.5) is 0 Å². The molecule has 6 nitrogen and oxygen atoms in total. The Kier molecular flexibility index (Phi) is 6.28. The van der Waals surface area contributed by atoms with E-state index in [1.807, 2.05) is 18.2 Å². The molecule has 1 aliphatic heterocycles. The lowest BCUT2D eigenvalue weighted by Gasteiger charge is -2.32. The maximum Gasteiger partial charge on any atom is 0.335 e. The first-order chi connectivity index (χ1) is 13.6. The number of carboxylic acid groups (broad SMARTS) is 1. The Labute approximate surface area is 164 Å². The number of amides is 1. The molecule has 0 aliphatic carbocycles. The average Bonchev–Trinajstić information content (AvgIpc) is 2.73. The van der Waals surface area contributed by atoms with Gasteiger partial charge in [0.25, 0.3) is 5.91 Å². The minimum Gasteiger partial charge on any atom is -0.484 e. The van der Waals surface area contributed by atoms with E-state index < -0.39 is 5.97 Å². The molecule has 1 N–H and O–H groups in total. The quantitative estimate of drug-likeness (QED) is 0.834. The van der Waals surface area contributed by atoms with Gasteiger partial charge in [-0.1, -0.05) is 18.2 Å². The van der Waals surface area contributed by atoms with E-state index in [0.29, 0.717) is 42.3 Å². The van der Waals surface area contributed by atoms with Gasteiger partial charge in [0.05, 0.1) is 17.2 Å². The molecule has 0 atom stereocenters. The van der Waals surface area contributed by atoms with E-state index >= 15 is 0 Å². The van der Waals surface area contributed by atoms with Crippen LogP contribution in [0.15, 0.2) is 48.5 Å². The molecular weight excluding hydrogens is 356 g/mol. The third-order valence-corrected chi connectivity index (χ3v) is 5.07. The van der Waals surface area contributed by atoms with E-state index in [9.17, 15) is 14.7 Å². The normalized spacial score (nSPS) is 14.3. The van der Waals surface area contributed by atoms with E-state index in [0.717, 1.165) is 18.4 Å². The van der Waals surface area contributed by atoms with Gasteiger partial charge in [0.2, 0.25) is 0 Å². The van der Waals surface area contributed by atoms with Crippen molar-refractivity contribution in [3.63, 3.8) is 0 Å². The number of nitriles is 1. The predicted octanol–water partition coefficient (Wildman–Crippen LogP) is 3.12. The Hall–Kier alpha value is -3.33. The maximum absolute atomic E-state index is 12.4. The highest BCUT2D eigenvalue weighted by atomic mass is 16.5. The van der Waals surface area contributed by atoms with Crippen LogP contribution in [-0.4, -0.2) is 41.6 Å². The highest BCUT2D eigenvalue weighted by molar-refractivity contribution is 5.89. The van der Waals surface area contributed by atoms with Crippen molar-refractivity contribution < 1.29 is 19.4 Å². The maximum atomic E-state index is 12.4. The van der Waals surface area contributed by atoms with Gasteiger partial charge in [-0.2, -0.15) is 5.26 Å². The smallest absolute Gasteiger partial charge is 0.335 e. The van der Waals surface area contributed by atoms with Gasteiger partial charge in [-0.3, -0.25) is 4.79 Å². The molecule has 144 valence electrons. The standard InChI is InChI=1S/C22H22N2O4/c23-14-17-5-7-19(8-6-17)28-15-21(25)24-11-9-16(10-12-24)13-18-3-1-2-4-20(18)22(26)27/h1-8,16H,9-13,15H2,(H,26,27). The monoisotopic (exact) mass is 378 g/mol. The first kappa shape index (κ1) is 19.4. The second kappa shape index (κ2) is 9.05. The van der Waals surface area contributed by atoms with Crippen molar-refractivity contribution >= 4 is 11.9 Å².